The minimum Gasteiger partial charge on any atom is -0.312 e. The number of rotatable bonds is 2. The summed E-state index contributed by atoms with van der Waals surface area (Å²) >= 11 is 0. The van der Waals surface area contributed by atoms with Gasteiger partial charge in [-0.3, -0.25) is 0 Å². The third-order valence-corrected chi connectivity index (χ3v) is 10.3. The molecule has 10 rings (SSSR count). The molecule has 0 N–H and O–H groups in total. The van der Waals surface area contributed by atoms with Crippen LogP contribution in [0.4, 0.5) is 0 Å². The molecule has 0 unspecified atom stereocenters. The zero-order valence-corrected chi connectivity index (χ0v) is 25.2. The lowest BCUT2D eigenvalue weighted by molar-refractivity contribution is 1.06. The molecule has 1 heteroatoms. The van der Waals surface area contributed by atoms with E-state index < -0.39 is 0 Å². The van der Waals surface area contributed by atoms with Crippen molar-refractivity contribution in [1.29, 1.82) is 0 Å². The maximum Gasteiger partial charge on any atom is 0.0616 e. The second-order valence-corrected chi connectivity index (χ2v) is 12.5. The second-order valence-electron chi connectivity index (χ2n) is 12.5. The number of benzene rings is 9. The van der Waals surface area contributed by atoms with Gasteiger partial charge in [0.2, 0.25) is 0 Å². The van der Waals surface area contributed by atoms with E-state index in [4.69, 9.17) is 0 Å². The number of hydrogen-bond acceptors (Lipinski definition) is 0. The van der Waals surface area contributed by atoms with Crippen molar-refractivity contribution in [2.24, 2.45) is 0 Å². The maximum atomic E-state index is 2.58. The fraction of sp³-hybridized carbons (Fsp3) is 0.0455. The molecule has 0 fully saturated rings. The van der Waals surface area contributed by atoms with E-state index in [1.165, 1.54) is 104 Å². The molecule has 0 spiro atoms. The molecule has 10 aromatic rings. The summed E-state index contributed by atoms with van der Waals surface area (Å²) < 4.78 is 2.58. The summed E-state index contributed by atoms with van der Waals surface area (Å²) in [6.07, 6.45) is 0. The third kappa shape index (κ3) is 3.22. The van der Waals surface area contributed by atoms with E-state index in [1.807, 2.05) is 0 Å². The first-order valence-corrected chi connectivity index (χ1v) is 15.8. The molecule has 0 atom stereocenters. The Bertz CT molecular complexity index is 2750. The van der Waals surface area contributed by atoms with Crippen LogP contribution in [0.5, 0.6) is 0 Å². The molecule has 45 heavy (non-hydrogen) atoms. The first-order chi connectivity index (χ1) is 22.2. The highest BCUT2D eigenvalue weighted by Crippen LogP contribution is 2.47. The smallest absolute Gasteiger partial charge is 0.0616 e. The van der Waals surface area contributed by atoms with Crippen molar-refractivity contribution in [1.82, 2.24) is 4.57 Å². The Morgan fingerprint density at radius 2 is 0.956 bits per heavy atom. The van der Waals surface area contributed by atoms with E-state index in [2.05, 4.69) is 158 Å². The Hall–Kier alpha value is -5.66. The number of hydrogen-bond donors (Lipinski definition) is 0. The quantitative estimate of drug-likeness (QED) is 0.144. The Morgan fingerprint density at radius 1 is 0.400 bits per heavy atom. The zero-order chi connectivity index (χ0) is 29.8. The lowest BCUT2D eigenvalue weighted by atomic mass is 9.88. The Kier molecular flexibility index (Phi) is 4.91. The van der Waals surface area contributed by atoms with Gasteiger partial charge in [-0.2, -0.15) is 0 Å². The Balaban J connectivity index is 1.43. The molecule has 0 radical (unpaired) electrons. The molecule has 1 aromatic heterocycles. The van der Waals surface area contributed by atoms with Gasteiger partial charge in [-0.15, -0.1) is 0 Å². The van der Waals surface area contributed by atoms with Crippen LogP contribution < -0.4 is 0 Å². The van der Waals surface area contributed by atoms with E-state index in [-0.39, 0.29) is 0 Å². The van der Waals surface area contributed by atoms with Gasteiger partial charge in [0.15, 0.2) is 0 Å². The van der Waals surface area contributed by atoms with Gasteiger partial charge in [0.25, 0.3) is 0 Å². The largest absolute Gasteiger partial charge is 0.312 e. The first kappa shape index (κ1) is 24.7. The van der Waals surface area contributed by atoms with Crippen molar-refractivity contribution in [2.75, 3.05) is 0 Å². The molecular formula is C44H29N. The molecule has 0 aliphatic rings. The monoisotopic (exact) mass is 571 g/mol. The summed E-state index contributed by atoms with van der Waals surface area (Å²) in [6, 6.07) is 51.8. The molecule has 0 amide bonds. The molecule has 0 saturated carbocycles. The highest BCUT2D eigenvalue weighted by Gasteiger charge is 2.23. The summed E-state index contributed by atoms with van der Waals surface area (Å²) in [7, 11) is 0. The van der Waals surface area contributed by atoms with Crippen molar-refractivity contribution in [2.45, 2.75) is 13.8 Å². The van der Waals surface area contributed by atoms with Crippen LogP contribution in [0.15, 0.2) is 140 Å². The molecule has 0 saturated heterocycles. The predicted octanol–water partition coefficient (Wildman–Crippen LogP) is 12.3. The van der Waals surface area contributed by atoms with Crippen LogP contribution in [-0.4, -0.2) is 4.57 Å². The molecule has 0 aliphatic heterocycles. The normalized spacial score (nSPS) is 12.2. The van der Waals surface area contributed by atoms with Gasteiger partial charge in [-0.1, -0.05) is 133 Å². The molecular weight excluding hydrogens is 542 g/mol. The van der Waals surface area contributed by atoms with Gasteiger partial charge in [0, 0.05) is 27.2 Å². The Morgan fingerprint density at radius 3 is 1.69 bits per heavy atom. The predicted molar refractivity (Wildman–Crippen MR) is 194 cm³/mol. The van der Waals surface area contributed by atoms with Crippen LogP contribution in [0.1, 0.15) is 11.3 Å². The van der Waals surface area contributed by atoms with Crippen molar-refractivity contribution in [3.05, 3.63) is 151 Å². The molecule has 0 aliphatic carbocycles. The van der Waals surface area contributed by atoms with Gasteiger partial charge >= 0.3 is 0 Å². The van der Waals surface area contributed by atoms with Crippen molar-refractivity contribution < 1.29 is 0 Å². The SMILES string of the molecule is Cc1c(C)n(-c2c3ccccc3c(-c3cccc4ccccc34)c3ccccc23)c2c1cc1ccc3cccc4ccc2c1c34. The van der Waals surface area contributed by atoms with Crippen LogP contribution in [0.3, 0.4) is 0 Å². The average molecular weight is 572 g/mol. The number of aryl methyl sites for hydroxylation is 1. The minimum absolute atomic E-state index is 1.26. The van der Waals surface area contributed by atoms with Crippen LogP contribution in [0.25, 0.3) is 92.4 Å². The molecule has 1 heterocycles. The van der Waals surface area contributed by atoms with Crippen LogP contribution in [0, 0.1) is 13.8 Å². The van der Waals surface area contributed by atoms with Crippen LogP contribution in [-0.2, 0) is 0 Å². The number of nitrogens with zero attached hydrogens (tertiary/aromatic N) is 1. The first-order valence-electron chi connectivity index (χ1n) is 15.8. The second kappa shape index (κ2) is 8.94. The summed E-state index contributed by atoms with van der Waals surface area (Å²) in [5, 5.41) is 16.9. The highest BCUT2D eigenvalue weighted by atomic mass is 15.0. The van der Waals surface area contributed by atoms with E-state index in [0.717, 1.165) is 0 Å². The third-order valence-electron chi connectivity index (χ3n) is 10.3. The molecule has 0 bridgehead atoms. The van der Waals surface area contributed by atoms with Gasteiger partial charge in [0.1, 0.15) is 0 Å². The van der Waals surface area contributed by atoms with Crippen molar-refractivity contribution >= 4 is 75.5 Å². The molecule has 210 valence electrons. The van der Waals surface area contributed by atoms with Gasteiger partial charge in [-0.25, -0.2) is 0 Å². The van der Waals surface area contributed by atoms with E-state index >= 15 is 0 Å². The lowest BCUT2D eigenvalue weighted by Crippen LogP contribution is -2.02. The maximum absolute atomic E-state index is 2.58. The van der Waals surface area contributed by atoms with Gasteiger partial charge in [0.05, 0.1) is 11.2 Å². The van der Waals surface area contributed by atoms with E-state index in [1.54, 1.807) is 0 Å². The Labute approximate surface area is 260 Å². The average Bonchev–Trinajstić information content (AvgIpc) is 3.34. The van der Waals surface area contributed by atoms with Gasteiger partial charge < -0.3 is 4.57 Å². The fourth-order valence-corrected chi connectivity index (χ4v) is 8.21. The summed E-state index contributed by atoms with van der Waals surface area (Å²) in [6.45, 7) is 4.59. The van der Waals surface area contributed by atoms with Crippen LogP contribution >= 0.6 is 0 Å². The summed E-state index contributed by atoms with van der Waals surface area (Å²) in [4.78, 5) is 0. The van der Waals surface area contributed by atoms with Crippen molar-refractivity contribution in [3.63, 3.8) is 0 Å². The number of fused-ring (bicyclic) bond motifs is 5. The molecule has 1 nitrogen and oxygen atoms in total. The van der Waals surface area contributed by atoms with E-state index in [0.29, 0.717) is 0 Å². The zero-order valence-electron chi connectivity index (χ0n) is 25.2. The highest BCUT2D eigenvalue weighted by molar-refractivity contribution is 6.30. The summed E-state index contributed by atoms with van der Waals surface area (Å²) in [5.74, 6) is 0. The topological polar surface area (TPSA) is 4.93 Å². The minimum atomic E-state index is 1.26. The number of aromatic nitrogens is 1. The summed E-state index contributed by atoms with van der Waals surface area (Å²) in [5.41, 5.74) is 7.75. The van der Waals surface area contributed by atoms with E-state index in [9.17, 15) is 0 Å². The lowest BCUT2D eigenvalue weighted by Gasteiger charge is -2.21. The van der Waals surface area contributed by atoms with Gasteiger partial charge in [-0.05, 0) is 85.1 Å². The van der Waals surface area contributed by atoms with Crippen LogP contribution in [0.2, 0.25) is 0 Å². The fourth-order valence-electron chi connectivity index (χ4n) is 8.21. The molecule has 9 aromatic carbocycles. The standard InChI is InChI=1S/C44H29N/c1-26-27(2)45(44-38-24-23-30-14-9-13-29-21-22-31(25-39(26)44)41(38)40(29)30)43-36-18-7-5-16-34(36)42(35-17-6-8-19-37(35)43)33-20-10-12-28-11-3-4-15-32(28)33/h3-25H,1-2H3. The van der Waals surface area contributed by atoms with Crippen molar-refractivity contribution in [3.8, 4) is 16.8 Å².